The molecule has 0 saturated carbocycles. The first-order chi connectivity index (χ1) is 7.58. The average Bonchev–Trinajstić information content (AvgIpc) is 2.23. The largest absolute Gasteiger partial charge is 0.484 e. The molecule has 1 rings (SSSR count). The van der Waals surface area contributed by atoms with Crippen LogP contribution in [0.2, 0.25) is 0 Å². The monoisotopic (exact) mass is 224 g/mol. The Bertz CT molecular complexity index is 353. The van der Waals surface area contributed by atoms with Gasteiger partial charge >= 0.3 is 0 Å². The minimum absolute atomic E-state index is 0.0871. The SMILES string of the molecule is CC(O)CNC(=O)COc1cccc(N)c1. The van der Waals surface area contributed by atoms with E-state index in [9.17, 15) is 4.79 Å². The van der Waals surface area contributed by atoms with E-state index in [1.54, 1.807) is 31.2 Å². The maximum Gasteiger partial charge on any atom is 0.258 e. The number of rotatable bonds is 5. The molecule has 1 unspecified atom stereocenters. The van der Waals surface area contributed by atoms with Crippen LogP contribution >= 0.6 is 0 Å². The number of amides is 1. The summed E-state index contributed by atoms with van der Waals surface area (Å²) in [6, 6.07) is 6.85. The van der Waals surface area contributed by atoms with E-state index in [4.69, 9.17) is 15.6 Å². The molecule has 0 fully saturated rings. The lowest BCUT2D eigenvalue weighted by atomic mass is 10.3. The van der Waals surface area contributed by atoms with Gasteiger partial charge in [0.05, 0.1) is 6.10 Å². The van der Waals surface area contributed by atoms with Gasteiger partial charge < -0.3 is 20.9 Å². The van der Waals surface area contributed by atoms with Gasteiger partial charge in [-0.05, 0) is 19.1 Å². The van der Waals surface area contributed by atoms with Crippen LogP contribution in [-0.4, -0.2) is 30.3 Å². The lowest BCUT2D eigenvalue weighted by Gasteiger charge is -2.08. The Morgan fingerprint density at radius 3 is 3.00 bits per heavy atom. The molecule has 0 radical (unpaired) electrons. The summed E-state index contributed by atoms with van der Waals surface area (Å²) < 4.78 is 5.21. The van der Waals surface area contributed by atoms with Crippen LogP contribution in [0.1, 0.15) is 6.92 Å². The van der Waals surface area contributed by atoms with Gasteiger partial charge in [0, 0.05) is 18.3 Å². The Morgan fingerprint density at radius 1 is 1.62 bits per heavy atom. The molecule has 1 atom stereocenters. The number of nitrogens with one attached hydrogen (secondary N) is 1. The van der Waals surface area contributed by atoms with Crippen LogP contribution in [0.3, 0.4) is 0 Å². The number of hydrogen-bond donors (Lipinski definition) is 3. The first-order valence-corrected chi connectivity index (χ1v) is 5.01. The summed E-state index contributed by atoms with van der Waals surface area (Å²) in [5.74, 6) is 0.274. The highest BCUT2D eigenvalue weighted by Gasteiger charge is 2.03. The van der Waals surface area contributed by atoms with Crippen molar-refractivity contribution >= 4 is 11.6 Å². The van der Waals surface area contributed by atoms with Gasteiger partial charge in [-0.2, -0.15) is 0 Å². The molecule has 16 heavy (non-hydrogen) atoms. The molecule has 0 saturated heterocycles. The summed E-state index contributed by atoms with van der Waals surface area (Å²) in [4.78, 5) is 11.2. The average molecular weight is 224 g/mol. The van der Waals surface area contributed by atoms with Gasteiger partial charge in [-0.1, -0.05) is 6.07 Å². The van der Waals surface area contributed by atoms with Crippen molar-refractivity contribution in [3.63, 3.8) is 0 Å². The molecule has 1 aromatic carbocycles. The van der Waals surface area contributed by atoms with E-state index >= 15 is 0 Å². The van der Waals surface area contributed by atoms with Crippen LogP contribution in [0.25, 0.3) is 0 Å². The number of nitrogen functional groups attached to an aromatic ring is 1. The number of hydrogen-bond acceptors (Lipinski definition) is 4. The highest BCUT2D eigenvalue weighted by Crippen LogP contribution is 2.13. The normalized spacial score (nSPS) is 11.9. The van der Waals surface area contributed by atoms with Gasteiger partial charge in [0.1, 0.15) is 5.75 Å². The summed E-state index contributed by atoms with van der Waals surface area (Å²) in [5.41, 5.74) is 6.13. The predicted molar refractivity (Wildman–Crippen MR) is 61.0 cm³/mol. The van der Waals surface area contributed by atoms with Crippen molar-refractivity contribution < 1.29 is 14.6 Å². The fourth-order valence-corrected chi connectivity index (χ4v) is 1.07. The fourth-order valence-electron chi connectivity index (χ4n) is 1.07. The van der Waals surface area contributed by atoms with Crippen LogP contribution in [0.15, 0.2) is 24.3 Å². The quantitative estimate of drug-likeness (QED) is 0.621. The maximum absolute atomic E-state index is 11.2. The van der Waals surface area contributed by atoms with Crippen molar-refractivity contribution in [2.24, 2.45) is 0 Å². The van der Waals surface area contributed by atoms with Crippen LogP contribution in [-0.2, 0) is 4.79 Å². The standard InChI is InChI=1S/C11H16N2O3/c1-8(14)6-13-11(15)7-16-10-4-2-3-9(12)5-10/h2-5,8,14H,6-7,12H2,1H3,(H,13,15). The third-order valence-corrected chi connectivity index (χ3v) is 1.82. The van der Waals surface area contributed by atoms with Crippen molar-refractivity contribution in [1.29, 1.82) is 0 Å². The van der Waals surface area contributed by atoms with Crippen LogP contribution < -0.4 is 15.8 Å². The molecule has 0 aliphatic heterocycles. The predicted octanol–water partition coefficient (Wildman–Crippen LogP) is 0.145. The first-order valence-electron chi connectivity index (χ1n) is 5.01. The number of nitrogens with two attached hydrogens (primary N) is 1. The van der Waals surface area contributed by atoms with Gasteiger partial charge in [-0.15, -0.1) is 0 Å². The molecule has 1 aromatic rings. The van der Waals surface area contributed by atoms with Gasteiger partial charge in [0.2, 0.25) is 0 Å². The van der Waals surface area contributed by atoms with E-state index in [1.165, 1.54) is 0 Å². The number of aliphatic hydroxyl groups is 1. The number of benzene rings is 1. The summed E-state index contributed by atoms with van der Waals surface area (Å²) in [7, 11) is 0. The van der Waals surface area contributed by atoms with Crippen molar-refractivity contribution in [1.82, 2.24) is 5.32 Å². The number of carbonyl (C=O) groups excluding carboxylic acids is 1. The zero-order valence-corrected chi connectivity index (χ0v) is 9.14. The van der Waals surface area contributed by atoms with Crippen LogP contribution in [0, 0.1) is 0 Å². The Hall–Kier alpha value is -1.75. The third kappa shape index (κ3) is 4.65. The Kier molecular flexibility index (Phi) is 4.60. The number of carbonyl (C=O) groups is 1. The minimum Gasteiger partial charge on any atom is -0.484 e. The van der Waals surface area contributed by atoms with Crippen LogP contribution in [0.4, 0.5) is 5.69 Å². The van der Waals surface area contributed by atoms with Crippen molar-refractivity contribution in [3.05, 3.63) is 24.3 Å². The lowest BCUT2D eigenvalue weighted by Crippen LogP contribution is -2.34. The first kappa shape index (κ1) is 12.3. The second kappa shape index (κ2) is 5.97. The van der Waals surface area contributed by atoms with E-state index in [2.05, 4.69) is 5.32 Å². The minimum atomic E-state index is -0.559. The molecule has 5 nitrogen and oxygen atoms in total. The van der Waals surface area contributed by atoms with E-state index in [0.29, 0.717) is 11.4 Å². The van der Waals surface area contributed by atoms with E-state index < -0.39 is 6.10 Å². The highest BCUT2D eigenvalue weighted by atomic mass is 16.5. The van der Waals surface area contributed by atoms with E-state index in [1.807, 2.05) is 0 Å². The van der Waals surface area contributed by atoms with Gasteiger partial charge in [0.15, 0.2) is 6.61 Å². The second-order valence-corrected chi connectivity index (χ2v) is 3.51. The van der Waals surface area contributed by atoms with E-state index in [0.717, 1.165) is 0 Å². The molecule has 0 aliphatic carbocycles. The van der Waals surface area contributed by atoms with Crippen molar-refractivity contribution in [2.75, 3.05) is 18.9 Å². The molecule has 1 amide bonds. The molecule has 5 heteroatoms. The van der Waals surface area contributed by atoms with Gasteiger partial charge in [-0.25, -0.2) is 0 Å². The summed E-state index contributed by atoms with van der Waals surface area (Å²) >= 11 is 0. The molecule has 88 valence electrons. The second-order valence-electron chi connectivity index (χ2n) is 3.51. The van der Waals surface area contributed by atoms with E-state index in [-0.39, 0.29) is 19.1 Å². The number of ether oxygens (including phenoxy) is 1. The fraction of sp³-hybridized carbons (Fsp3) is 0.364. The molecular formula is C11H16N2O3. The summed E-state index contributed by atoms with van der Waals surface area (Å²) in [5, 5.41) is 11.5. The molecule has 0 bridgehead atoms. The maximum atomic E-state index is 11.2. The molecule has 4 N–H and O–H groups in total. The van der Waals surface area contributed by atoms with Gasteiger partial charge in [0.25, 0.3) is 5.91 Å². The summed E-state index contributed by atoms with van der Waals surface area (Å²) in [6.45, 7) is 1.73. The third-order valence-electron chi connectivity index (χ3n) is 1.82. The highest BCUT2D eigenvalue weighted by molar-refractivity contribution is 5.77. The molecule has 0 aliphatic rings. The molecule has 0 heterocycles. The molecular weight excluding hydrogens is 208 g/mol. The lowest BCUT2D eigenvalue weighted by molar-refractivity contribution is -0.123. The van der Waals surface area contributed by atoms with Gasteiger partial charge in [-0.3, -0.25) is 4.79 Å². The topological polar surface area (TPSA) is 84.6 Å². The smallest absolute Gasteiger partial charge is 0.258 e. The summed E-state index contributed by atoms with van der Waals surface area (Å²) in [6.07, 6.45) is -0.559. The Morgan fingerprint density at radius 2 is 2.38 bits per heavy atom. The Balaban J connectivity index is 2.31. The van der Waals surface area contributed by atoms with Crippen LogP contribution in [0.5, 0.6) is 5.75 Å². The number of aliphatic hydroxyl groups excluding tert-OH is 1. The molecule has 0 spiro atoms. The van der Waals surface area contributed by atoms with Crippen molar-refractivity contribution in [3.8, 4) is 5.75 Å². The molecule has 0 aromatic heterocycles. The zero-order chi connectivity index (χ0) is 12.0. The number of anilines is 1. The zero-order valence-electron chi connectivity index (χ0n) is 9.14. The van der Waals surface area contributed by atoms with Crippen molar-refractivity contribution in [2.45, 2.75) is 13.0 Å². The Labute approximate surface area is 94.2 Å².